The van der Waals surface area contributed by atoms with Crippen molar-refractivity contribution in [1.82, 2.24) is 10.4 Å². The highest BCUT2D eigenvalue weighted by atomic mass is 16.2. The number of nitrogens with zero attached hydrogens (tertiary/aromatic N) is 2. The summed E-state index contributed by atoms with van der Waals surface area (Å²) in [7, 11) is 0. The molecule has 20 heavy (non-hydrogen) atoms. The van der Waals surface area contributed by atoms with E-state index in [1.165, 1.54) is 5.56 Å². The van der Waals surface area contributed by atoms with Crippen LogP contribution in [0, 0.1) is 20.8 Å². The van der Waals surface area contributed by atoms with Crippen LogP contribution in [0.1, 0.15) is 32.6 Å². The monoisotopic (exact) mass is 267 g/mol. The molecule has 0 bridgehead atoms. The zero-order valence-corrected chi connectivity index (χ0v) is 11.8. The fourth-order valence-electron chi connectivity index (χ4n) is 2.12. The standard InChI is InChI=1S/C16H17N3O/c1-11-8-12(2)15(13(3)9-11)10-18-19-16(20)14-4-6-17-7-5-14/h4-10H,1-3H3,(H,19,20). The van der Waals surface area contributed by atoms with E-state index in [1.807, 2.05) is 13.8 Å². The van der Waals surface area contributed by atoms with Gasteiger partial charge in [0.25, 0.3) is 5.91 Å². The Morgan fingerprint density at radius 3 is 2.35 bits per heavy atom. The molecule has 102 valence electrons. The SMILES string of the molecule is Cc1cc(C)c(C=NNC(=O)c2ccncc2)c(C)c1. The van der Waals surface area contributed by atoms with Gasteiger partial charge in [-0.15, -0.1) is 0 Å². The first-order chi connectivity index (χ1) is 9.58. The summed E-state index contributed by atoms with van der Waals surface area (Å²) in [4.78, 5) is 15.7. The molecule has 2 aromatic rings. The van der Waals surface area contributed by atoms with Crippen LogP contribution in [0.15, 0.2) is 41.8 Å². The Morgan fingerprint density at radius 2 is 1.75 bits per heavy atom. The maximum absolute atomic E-state index is 11.8. The number of amides is 1. The molecule has 0 saturated carbocycles. The Balaban J connectivity index is 2.10. The number of carbonyl (C=O) groups excluding carboxylic acids is 1. The summed E-state index contributed by atoms with van der Waals surface area (Å²) in [6.45, 7) is 6.13. The highest BCUT2D eigenvalue weighted by Gasteiger charge is 2.03. The van der Waals surface area contributed by atoms with Gasteiger partial charge in [-0.1, -0.05) is 17.7 Å². The van der Waals surface area contributed by atoms with Crippen LogP contribution in [0.3, 0.4) is 0 Å². The molecule has 0 aliphatic heterocycles. The van der Waals surface area contributed by atoms with Gasteiger partial charge in [-0.2, -0.15) is 5.10 Å². The van der Waals surface area contributed by atoms with Gasteiger partial charge in [0.1, 0.15) is 0 Å². The van der Waals surface area contributed by atoms with Gasteiger partial charge in [0.2, 0.25) is 0 Å². The lowest BCUT2D eigenvalue weighted by Gasteiger charge is -2.06. The summed E-state index contributed by atoms with van der Waals surface area (Å²) in [5, 5.41) is 4.02. The molecule has 1 aromatic carbocycles. The molecule has 4 nitrogen and oxygen atoms in total. The zero-order valence-electron chi connectivity index (χ0n) is 11.8. The molecule has 0 aliphatic rings. The molecule has 0 unspecified atom stereocenters. The second-order valence-corrected chi connectivity index (χ2v) is 4.75. The first-order valence-corrected chi connectivity index (χ1v) is 6.39. The van der Waals surface area contributed by atoms with Crippen molar-refractivity contribution in [2.75, 3.05) is 0 Å². The van der Waals surface area contributed by atoms with Crippen molar-refractivity contribution in [3.63, 3.8) is 0 Å². The minimum Gasteiger partial charge on any atom is -0.267 e. The lowest BCUT2D eigenvalue weighted by Crippen LogP contribution is -2.17. The summed E-state index contributed by atoms with van der Waals surface area (Å²) < 4.78 is 0. The van der Waals surface area contributed by atoms with E-state index in [2.05, 4.69) is 34.6 Å². The largest absolute Gasteiger partial charge is 0.271 e. The average molecular weight is 267 g/mol. The van der Waals surface area contributed by atoms with Crippen LogP contribution in [-0.2, 0) is 0 Å². The lowest BCUT2D eigenvalue weighted by molar-refractivity contribution is 0.0955. The third-order valence-electron chi connectivity index (χ3n) is 3.04. The third-order valence-corrected chi connectivity index (χ3v) is 3.04. The van der Waals surface area contributed by atoms with E-state index in [-0.39, 0.29) is 5.91 Å². The highest BCUT2D eigenvalue weighted by Crippen LogP contribution is 2.14. The van der Waals surface area contributed by atoms with Crippen LogP contribution >= 0.6 is 0 Å². The molecular weight excluding hydrogens is 250 g/mol. The van der Waals surface area contributed by atoms with Gasteiger partial charge >= 0.3 is 0 Å². The van der Waals surface area contributed by atoms with Gasteiger partial charge in [-0.3, -0.25) is 9.78 Å². The van der Waals surface area contributed by atoms with Crippen molar-refractivity contribution < 1.29 is 4.79 Å². The van der Waals surface area contributed by atoms with Crippen molar-refractivity contribution in [3.8, 4) is 0 Å². The van der Waals surface area contributed by atoms with Gasteiger partial charge in [-0.25, -0.2) is 5.43 Å². The molecule has 1 amide bonds. The van der Waals surface area contributed by atoms with Crippen molar-refractivity contribution in [2.45, 2.75) is 20.8 Å². The zero-order chi connectivity index (χ0) is 14.5. The minimum atomic E-state index is -0.244. The minimum absolute atomic E-state index is 0.244. The van der Waals surface area contributed by atoms with Crippen molar-refractivity contribution in [2.24, 2.45) is 5.10 Å². The predicted molar refractivity (Wildman–Crippen MR) is 80.0 cm³/mol. The van der Waals surface area contributed by atoms with Crippen LogP contribution in [0.5, 0.6) is 0 Å². The number of rotatable bonds is 3. The molecule has 1 heterocycles. The number of carbonyl (C=O) groups is 1. The van der Waals surface area contributed by atoms with Gasteiger partial charge in [-0.05, 0) is 44.0 Å². The van der Waals surface area contributed by atoms with Crippen LogP contribution in [0.4, 0.5) is 0 Å². The Hall–Kier alpha value is -2.49. The van der Waals surface area contributed by atoms with Crippen LogP contribution < -0.4 is 5.43 Å². The molecule has 4 heteroatoms. The third kappa shape index (κ3) is 3.29. The Bertz CT molecular complexity index is 625. The maximum Gasteiger partial charge on any atom is 0.271 e. The van der Waals surface area contributed by atoms with Crippen molar-refractivity contribution in [1.29, 1.82) is 0 Å². The van der Waals surface area contributed by atoms with E-state index in [1.54, 1.807) is 30.7 Å². The summed E-state index contributed by atoms with van der Waals surface area (Å²) in [6, 6.07) is 7.48. The fourth-order valence-corrected chi connectivity index (χ4v) is 2.12. The first kappa shape index (κ1) is 13.9. The second kappa shape index (κ2) is 6.10. The number of hydrazone groups is 1. The fraction of sp³-hybridized carbons (Fsp3) is 0.188. The number of aromatic nitrogens is 1. The molecule has 0 radical (unpaired) electrons. The van der Waals surface area contributed by atoms with E-state index in [0.717, 1.165) is 16.7 Å². The van der Waals surface area contributed by atoms with E-state index in [4.69, 9.17) is 0 Å². The number of pyridine rings is 1. The predicted octanol–water partition coefficient (Wildman–Crippen LogP) is 2.77. The number of benzene rings is 1. The maximum atomic E-state index is 11.8. The topological polar surface area (TPSA) is 54.4 Å². The number of hydrogen-bond donors (Lipinski definition) is 1. The molecule has 0 spiro atoms. The second-order valence-electron chi connectivity index (χ2n) is 4.75. The molecule has 0 saturated heterocycles. The molecule has 0 aliphatic carbocycles. The van der Waals surface area contributed by atoms with Gasteiger partial charge in [0.05, 0.1) is 6.21 Å². The summed E-state index contributed by atoms with van der Waals surface area (Å²) in [6.07, 6.45) is 4.84. The number of hydrogen-bond acceptors (Lipinski definition) is 3. The average Bonchev–Trinajstić information content (AvgIpc) is 2.42. The van der Waals surface area contributed by atoms with Gasteiger partial charge in [0, 0.05) is 23.5 Å². The highest BCUT2D eigenvalue weighted by molar-refractivity contribution is 5.94. The van der Waals surface area contributed by atoms with E-state index < -0.39 is 0 Å². The summed E-state index contributed by atoms with van der Waals surface area (Å²) in [5.74, 6) is -0.244. The lowest BCUT2D eigenvalue weighted by atomic mass is 10.0. The van der Waals surface area contributed by atoms with Gasteiger partial charge < -0.3 is 0 Å². The van der Waals surface area contributed by atoms with E-state index >= 15 is 0 Å². The molecular formula is C16H17N3O. The smallest absolute Gasteiger partial charge is 0.267 e. The Morgan fingerprint density at radius 1 is 1.15 bits per heavy atom. The molecule has 0 atom stereocenters. The van der Waals surface area contributed by atoms with Crippen molar-refractivity contribution in [3.05, 3.63) is 64.5 Å². The first-order valence-electron chi connectivity index (χ1n) is 6.39. The van der Waals surface area contributed by atoms with Crippen molar-refractivity contribution >= 4 is 12.1 Å². The number of aryl methyl sites for hydroxylation is 3. The van der Waals surface area contributed by atoms with Crippen LogP contribution in [0.25, 0.3) is 0 Å². The summed E-state index contributed by atoms with van der Waals surface area (Å²) >= 11 is 0. The van der Waals surface area contributed by atoms with Crippen LogP contribution in [0.2, 0.25) is 0 Å². The normalized spacial score (nSPS) is 10.8. The molecule has 1 aromatic heterocycles. The Labute approximate surface area is 118 Å². The molecule has 2 rings (SSSR count). The van der Waals surface area contributed by atoms with Crippen LogP contribution in [-0.4, -0.2) is 17.1 Å². The van der Waals surface area contributed by atoms with Gasteiger partial charge in [0.15, 0.2) is 0 Å². The molecule has 1 N–H and O–H groups in total. The quantitative estimate of drug-likeness (QED) is 0.686. The van der Waals surface area contributed by atoms with E-state index in [9.17, 15) is 4.79 Å². The molecule has 0 fully saturated rings. The summed E-state index contributed by atoms with van der Waals surface area (Å²) in [5.41, 5.74) is 7.60. The Kier molecular flexibility index (Phi) is 4.25. The van der Waals surface area contributed by atoms with E-state index in [0.29, 0.717) is 5.56 Å². The number of nitrogens with one attached hydrogen (secondary N) is 1.